The Morgan fingerprint density at radius 1 is 0.967 bits per heavy atom. The Kier molecular flexibility index (Phi) is 7.93. The summed E-state index contributed by atoms with van der Waals surface area (Å²) in [5.41, 5.74) is 0.878. The summed E-state index contributed by atoms with van der Waals surface area (Å²) in [6.45, 7) is 2.30. The van der Waals surface area contributed by atoms with Gasteiger partial charge in [-0.05, 0) is 41.1 Å². The molecule has 0 saturated heterocycles. The minimum absolute atomic E-state index is 0.267. The predicted molar refractivity (Wildman–Crippen MR) is 117 cm³/mol. The molecule has 0 saturated carbocycles. The lowest BCUT2D eigenvalue weighted by atomic mass is 10.1. The molecule has 30 heavy (non-hydrogen) atoms. The first-order valence-corrected chi connectivity index (χ1v) is 9.85. The number of benzene rings is 2. The van der Waals surface area contributed by atoms with Gasteiger partial charge in [-0.1, -0.05) is 0 Å². The van der Waals surface area contributed by atoms with Crippen LogP contribution in [0.2, 0.25) is 0 Å². The molecular formula is C21H25BrN2O6. The van der Waals surface area contributed by atoms with Gasteiger partial charge >= 0.3 is 0 Å². The van der Waals surface area contributed by atoms with Gasteiger partial charge < -0.3 is 29.2 Å². The molecule has 0 aliphatic rings. The number of hydrogen-bond acceptors (Lipinski definition) is 6. The van der Waals surface area contributed by atoms with Crippen molar-refractivity contribution in [2.75, 3.05) is 47.3 Å². The molecular weight excluding hydrogens is 456 g/mol. The maximum absolute atomic E-state index is 13.0. The van der Waals surface area contributed by atoms with Crippen LogP contribution >= 0.6 is 15.9 Å². The highest BCUT2D eigenvalue weighted by atomic mass is 79.9. The number of amides is 2. The monoisotopic (exact) mass is 480 g/mol. The molecule has 0 radical (unpaired) electrons. The highest BCUT2D eigenvalue weighted by molar-refractivity contribution is 9.10. The molecule has 162 valence electrons. The largest absolute Gasteiger partial charge is 0.493 e. The SMILES string of the molecule is CCOc1c(Br)cc(C(=O)Nc2cc(OC)c(OC)cc2C(=O)N(C)C)cc1OC. The number of rotatable bonds is 8. The topological polar surface area (TPSA) is 86.3 Å². The number of halogens is 1. The van der Waals surface area contributed by atoms with E-state index in [9.17, 15) is 9.59 Å². The van der Waals surface area contributed by atoms with Crippen molar-refractivity contribution >= 4 is 33.4 Å². The van der Waals surface area contributed by atoms with Gasteiger partial charge in [-0.15, -0.1) is 0 Å². The number of carbonyl (C=O) groups excluding carboxylic acids is 2. The first-order chi connectivity index (χ1) is 14.3. The Bertz CT molecular complexity index is 946. The van der Waals surface area contributed by atoms with Gasteiger partial charge in [0.25, 0.3) is 11.8 Å². The van der Waals surface area contributed by atoms with E-state index >= 15 is 0 Å². The van der Waals surface area contributed by atoms with Gasteiger partial charge in [-0.3, -0.25) is 9.59 Å². The fourth-order valence-electron chi connectivity index (χ4n) is 2.73. The molecule has 8 nitrogen and oxygen atoms in total. The minimum Gasteiger partial charge on any atom is -0.493 e. The molecule has 1 N–H and O–H groups in total. The van der Waals surface area contributed by atoms with E-state index in [1.54, 1.807) is 32.3 Å². The molecule has 2 amide bonds. The highest BCUT2D eigenvalue weighted by Gasteiger charge is 2.21. The number of anilines is 1. The molecule has 2 aromatic rings. The molecule has 9 heteroatoms. The molecule has 0 aromatic heterocycles. The van der Waals surface area contributed by atoms with Crippen LogP contribution in [0.15, 0.2) is 28.7 Å². The lowest BCUT2D eigenvalue weighted by Crippen LogP contribution is -2.24. The molecule has 0 bridgehead atoms. The second kappa shape index (κ2) is 10.2. The summed E-state index contributed by atoms with van der Waals surface area (Å²) < 4.78 is 22.1. The van der Waals surface area contributed by atoms with E-state index in [4.69, 9.17) is 18.9 Å². The van der Waals surface area contributed by atoms with Gasteiger partial charge in [-0.2, -0.15) is 0 Å². The molecule has 2 rings (SSSR count). The van der Waals surface area contributed by atoms with Gasteiger partial charge in [0.05, 0.1) is 43.7 Å². The Hall–Kier alpha value is -2.94. The van der Waals surface area contributed by atoms with E-state index in [2.05, 4.69) is 21.2 Å². The normalized spacial score (nSPS) is 10.2. The Morgan fingerprint density at radius 2 is 1.57 bits per heavy atom. The maximum atomic E-state index is 13.0. The van der Waals surface area contributed by atoms with Crippen molar-refractivity contribution in [1.82, 2.24) is 4.90 Å². The Morgan fingerprint density at radius 3 is 2.10 bits per heavy atom. The van der Waals surface area contributed by atoms with Crippen molar-refractivity contribution in [1.29, 1.82) is 0 Å². The van der Waals surface area contributed by atoms with Gasteiger partial charge in [0.2, 0.25) is 0 Å². The van der Waals surface area contributed by atoms with Crippen LogP contribution in [0.1, 0.15) is 27.6 Å². The van der Waals surface area contributed by atoms with Crippen LogP contribution in [-0.2, 0) is 0 Å². The second-order valence-electron chi connectivity index (χ2n) is 6.33. The van der Waals surface area contributed by atoms with Crippen LogP contribution in [0.25, 0.3) is 0 Å². The highest BCUT2D eigenvalue weighted by Crippen LogP contribution is 2.38. The van der Waals surface area contributed by atoms with E-state index < -0.39 is 5.91 Å². The van der Waals surface area contributed by atoms with Crippen LogP contribution in [0.4, 0.5) is 5.69 Å². The summed E-state index contributed by atoms with van der Waals surface area (Å²) >= 11 is 3.41. The van der Waals surface area contributed by atoms with Crippen LogP contribution in [-0.4, -0.2) is 58.7 Å². The van der Waals surface area contributed by atoms with Crippen LogP contribution in [0.3, 0.4) is 0 Å². The summed E-state index contributed by atoms with van der Waals surface area (Å²) in [6.07, 6.45) is 0. The molecule has 0 unspecified atom stereocenters. The van der Waals surface area contributed by atoms with Gasteiger partial charge in [-0.25, -0.2) is 0 Å². The maximum Gasteiger partial charge on any atom is 0.255 e. The zero-order chi connectivity index (χ0) is 22.4. The smallest absolute Gasteiger partial charge is 0.255 e. The summed E-state index contributed by atoms with van der Waals surface area (Å²) in [7, 11) is 7.70. The fourth-order valence-corrected chi connectivity index (χ4v) is 3.29. The van der Waals surface area contributed by atoms with Crippen LogP contribution < -0.4 is 24.3 Å². The van der Waals surface area contributed by atoms with E-state index in [-0.39, 0.29) is 11.5 Å². The average molecular weight is 481 g/mol. The summed E-state index contributed by atoms with van der Waals surface area (Å²) in [6, 6.07) is 6.27. The second-order valence-corrected chi connectivity index (χ2v) is 7.18. The molecule has 0 fully saturated rings. The van der Waals surface area contributed by atoms with Crippen molar-refractivity contribution in [3.63, 3.8) is 0 Å². The third-order valence-electron chi connectivity index (χ3n) is 4.19. The van der Waals surface area contributed by atoms with Crippen LogP contribution in [0, 0.1) is 0 Å². The van der Waals surface area contributed by atoms with Gasteiger partial charge in [0, 0.05) is 25.7 Å². The van der Waals surface area contributed by atoms with E-state index in [1.165, 1.54) is 32.3 Å². The molecule has 2 aromatic carbocycles. The third kappa shape index (κ3) is 4.96. The lowest BCUT2D eigenvalue weighted by Gasteiger charge is -2.18. The molecule has 0 spiro atoms. The van der Waals surface area contributed by atoms with Gasteiger partial charge in [0.1, 0.15) is 0 Å². The number of nitrogens with zero attached hydrogens (tertiary/aromatic N) is 1. The van der Waals surface area contributed by atoms with Crippen molar-refractivity contribution in [3.05, 3.63) is 39.9 Å². The van der Waals surface area contributed by atoms with Crippen molar-refractivity contribution in [2.24, 2.45) is 0 Å². The van der Waals surface area contributed by atoms with Gasteiger partial charge in [0.15, 0.2) is 23.0 Å². The Labute approximate surface area is 184 Å². The molecule has 0 atom stereocenters. The number of ether oxygens (including phenoxy) is 4. The molecule has 0 heterocycles. The number of carbonyl (C=O) groups is 2. The van der Waals surface area contributed by atoms with E-state index in [0.29, 0.717) is 45.3 Å². The number of hydrogen-bond donors (Lipinski definition) is 1. The minimum atomic E-state index is -0.433. The lowest BCUT2D eigenvalue weighted by molar-refractivity contribution is 0.0828. The molecule has 0 aliphatic carbocycles. The summed E-state index contributed by atoms with van der Waals surface area (Å²) in [4.78, 5) is 27.0. The summed E-state index contributed by atoms with van der Waals surface area (Å²) in [5.74, 6) is 0.952. The zero-order valence-electron chi connectivity index (χ0n) is 17.8. The predicted octanol–water partition coefficient (Wildman–Crippen LogP) is 3.83. The molecule has 0 aliphatic heterocycles. The fraction of sp³-hybridized carbons (Fsp3) is 0.333. The quantitative estimate of drug-likeness (QED) is 0.617. The number of nitrogens with one attached hydrogen (secondary N) is 1. The van der Waals surface area contributed by atoms with E-state index in [1.807, 2.05) is 6.92 Å². The number of methoxy groups -OCH3 is 3. The van der Waals surface area contributed by atoms with Crippen molar-refractivity contribution in [3.8, 4) is 23.0 Å². The zero-order valence-corrected chi connectivity index (χ0v) is 19.4. The average Bonchev–Trinajstić information content (AvgIpc) is 2.73. The van der Waals surface area contributed by atoms with Crippen molar-refractivity contribution in [2.45, 2.75) is 6.92 Å². The van der Waals surface area contributed by atoms with Crippen molar-refractivity contribution < 1.29 is 28.5 Å². The first-order valence-electron chi connectivity index (χ1n) is 9.06. The Balaban J connectivity index is 2.49. The standard InChI is InChI=1S/C21H25BrN2O6/c1-7-30-19-14(22)8-12(9-18(19)29-6)20(25)23-15-11-17(28-5)16(27-4)10-13(15)21(26)24(2)3/h8-11H,7H2,1-6H3,(H,23,25). The van der Waals surface area contributed by atoms with Crippen LogP contribution in [0.5, 0.6) is 23.0 Å². The third-order valence-corrected chi connectivity index (χ3v) is 4.78. The van der Waals surface area contributed by atoms with E-state index in [0.717, 1.165) is 0 Å². The summed E-state index contributed by atoms with van der Waals surface area (Å²) in [5, 5.41) is 2.78. The first kappa shape index (κ1) is 23.3.